The maximum atomic E-state index is 3.31. The summed E-state index contributed by atoms with van der Waals surface area (Å²) in [4.78, 5) is 0. The van der Waals surface area contributed by atoms with E-state index < -0.39 is 0 Å². The topological polar surface area (TPSA) is 54.5 Å². The van der Waals surface area contributed by atoms with E-state index in [1.54, 1.807) is 0 Å². The smallest absolute Gasteiger partial charge is 0.135 e. The molecular formula is CH2N4S. The Morgan fingerprint density at radius 1 is 1.50 bits per heavy atom. The Morgan fingerprint density at radius 3 is 2.50 bits per heavy atom. The van der Waals surface area contributed by atoms with E-state index in [0.717, 1.165) is 0 Å². The molecule has 1 heterocycles. The Balaban J connectivity index is 0.000000250. The van der Waals surface area contributed by atoms with E-state index in [0.29, 0.717) is 0 Å². The van der Waals surface area contributed by atoms with Gasteiger partial charge in [0.15, 0.2) is 0 Å². The lowest BCUT2D eigenvalue weighted by Crippen LogP contribution is -1.64. The summed E-state index contributed by atoms with van der Waals surface area (Å²) in [6.45, 7) is 0. The van der Waals surface area contributed by atoms with Gasteiger partial charge in [-0.05, 0) is 10.4 Å². The van der Waals surface area contributed by atoms with Crippen molar-refractivity contribution < 1.29 is 0 Å². The van der Waals surface area contributed by atoms with Crippen molar-refractivity contribution >= 4 is 13.5 Å². The largest absolute Gasteiger partial charge is 0.246 e. The highest BCUT2D eigenvalue weighted by Gasteiger charge is 1.58. The number of hydrogen-bond donors (Lipinski definition) is 1. The van der Waals surface area contributed by atoms with Crippen LogP contribution in [0.5, 0.6) is 0 Å². The molecule has 0 aliphatic rings. The molecule has 0 unspecified atom stereocenters. The maximum absolute atomic E-state index is 3.31. The molecule has 0 aliphatic carbocycles. The summed E-state index contributed by atoms with van der Waals surface area (Å²) >= 11 is 0. The second kappa shape index (κ2) is 2.65. The molecule has 0 aromatic carbocycles. The number of aromatic nitrogens is 4. The SMILES string of the molecule is [S].c1nnn[nH]1. The highest BCUT2D eigenvalue weighted by Crippen LogP contribution is 1.43. The minimum atomic E-state index is 0. The average molecular weight is 102 g/mol. The standard InChI is InChI=1S/CH2N4.S/c1-2-4-5-3-1;/h1H,(H,2,3,4,5);. The van der Waals surface area contributed by atoms with Crippen LogP contribution in [0.2, 0.25) is 0 Å². The summed E-state index contributed by atoms with van der Waals surface area (Å²) in [7, 11) is 0. The molecule has 4 nitrogen and oxygen atoms in total. The molecule has 1 N–H and O–H groups in total. The normalized spacial score (nSPS) is 6.67. The fourth-order valence-electron chi connectivity index (χ4n) is 0.129. The van der Waals surface area contributed by atoms with Crippen LogP contribution < -0.4 is 0 Å². The molecule has 2 radical (unpaired) electrons. The lowest BCUT2D eigenvalue weighted by atomic mass is 11.4. The quantitative estimate of drug-likeness (QED) is 0.495. The number of tetrazole rings is 1. The van der Waals surface area contributed by atoms with Crippen LogP contribution in [-0.2, 0) is 0 Å². The van der Waals surface area contributed by atoms with E-state index in [1.165, 1.54) is 6.33 Å². The van der Waals surface area contributed by atoms with Gasteiger partial charge in [0.2, 0.25) is 0 Å². The minimum absolute atomic E-state index is 0. The van der Waals surface area contributed by atoms with Gasteiger partial charge in [0.1, 0.15) is 6.33 Å². The third-order valence-corrected chi connectivity index (χ3v) is 0.270. The summed E-state index contributed by atoms with van der Waals surface area (Å²) in [6.07, 6.45) is 1.40. The molecule has 0 bridgehead atoms. The van der Waals surface area contributed by atoms with Crippen molar-refractivity contribution in [3.8, 4) is 0 Å². The van der Waals surface area contributed by atoms with Crippen molar-refractivity contribution in [1.29, 1.82) is 0 Å². The summed E-state index contributed by atoms with van der Waals surface area (Å²) in [5, 5.41) is 12.1. The second-order valence-corrected chi connectivity index (χ2v) is 0.563. The monoisotopic (exact) mass is 102 g/mol. The van der Waals surface area contributed by atoms with Crippen LogP contribution in [0.25, 0.3) is 0 Å². The molecule has 5 heteroatoms. The van der Waals surface area contributed by atoms with E-state index in [9.17, 15) is 0 Å². The van der Waals surface area contributed by atoms with Crippen molar-refractivity contribution in [2.75, 3.05) is 0 Å². The van der Waals surface area contributed by atoms with Gasteiger partial charge in [-0.1, -0.05) is 0 Å². The minimum Gasteiger partial charge on any atom is -0.246 e. The Hall–Kier alpha value is -0.580. The lowest BCUT2D eigenvalue weighted by molar-refractivity contribution is 0.881. The molecule has 0 saturated carbocycles. The van der Waals surface area contributed by atoms with Gasteiger partial charge in [-0.3, -0.25) is 0 Å². The lowest BCUT2D eigenvalue weighted by Gasteiger charge is -1.42. The Bertz CT molecular complexity index is 64.0. The molecule has 1 aromatic rings. The summed E-state index contributed by atoms with van der Waals surface area (Å²) in [5.74, 6) is 0. The number of H-pyrrole nitrogens is 1. The molecule has 0 atom stereocenters. The number of nitrogens with zero attached hydrogens (tertiary/aromatic N) is 3. The molecule has 0 spiro atoms. The number of rotatable bonds is 0. The molecule has 6 heavy (non-hydrogen) atoms. The summed E-state index contributed by atoms with van der Waals surface area (Å²) < 4.78 is 0. The molecule has 0 amide bonds. The van der Waals surface area contributed by atoms with Crippen LogP contribution in [0.15, 0.2) is 6.33 Å². The van der Waals surface area contributed by atoms with Crippen LogP contribution in [0.4, 0.5) is 0 Å². The molecule has 0 saturated heterocycles. The van der Waals surface area contributed by atoms with Gasteiger partial charge < -0.3 is 0 Å². The van der Waals surface area contributed by atoms with Crippen LogP contribution in [0.1, 0.15) is 0 Å². The predicted molar refractivity (Wildman–Crippen MR) is 21.8 cm³/mol. The van der Waals surface area contributed by atoms with Gasteiger partial charge in [-0.15, -0.1) is 5.10 Å². The van der Waals surface area contributed by atoms with Crippen LogP contribution in [-0.4, -0.2) is 20.6 Å². The second-order valence-electron chi connectivity index (χ2n) is 0.563. The fraction of sp³-hybridized carbons (Fsp3) is 0. The van der Waals surface area contributed by atoms with Gasteiger partial charge in [0.05, 0.1) is 0 Å². The van der Waals surface area contributed by atoms with Gasteiger partial charge in [0.25, 0.3) is 0 Å². The Labute approximate surface area is 41.4 Å². The Kier molecular flexibility index (Phi) is 2.39. The first kappa shape index (κ1) is 5.42. The van der Waals surface area contributed by atoms with E-state index >= 15 is 0 Å². The van der Waals surface area contributed by atoms with Gasteiger partial charge in [0, 0.05) is 13.5 Å². The fourth-order valence-corrected chi connectivity index (χ4v) is 0.129. The van der Waals surface area contributed by atoms with Gasteiger partial charge in [-0.2, -0.15) is 0 Å². The molecule has 1 aromatic heterocycles. The van der Waals surface area contributed by atoms with Crippen LogP contribution >= 0.6 is 13.5 Å². The van der Waals surface area contributed by atoms with E-state index in [-0.39, 0.29) is 13.5 Å². The van der Waals surface area contributed by atoms with Crippen molar-refractivity contribution in [2.45, 2.75) is 0 Å². The summed E-state index contributed by atoms with van der Waals surface area (Å²) in [5.41, 5.74) is 0. The first-order chi connectivity index (χ1) is 2.50. The molecular weight excluding hydrogens is 100 g/mol. The maximum Gasteiger partial charge on any atom is 0.135 e. The van der Waals surface area contributed by atoms with Gasteiger partial charge in [-0.25, -0.2) is 5.10 Å². The molecule has 32 valence electrons. The summed E-state index contributed by atoms with van der Waals surface area (Å²) in [6, 6.07) is 0. The zero-order valence-electron chi connectivity index (χ0n) is 2.83. The molecule has 0 fully saturated rings. The van der Waals surface area contributed by atoms with Crippen molar-refractivity contribution in [3.05, 3.63) is 6.33 Å². The van der Waals surface area contributed by atoms with E-state index in [1.807, 2.05) is 0 Å². The predicted octanol–water partition coefficient (Wildman–Crippen LogP) is -0.152. The van der Waals surface area contributed by atoms with Gasteiger partial charge >= 0.3 is 0 Å². The van der Waals surface area contributed by atoms with Crippen molar-refractivity contribution in [2.24, 2.45) is 0 Å². The highest BCUT2D eigenvalue weighted by molar-refractivity contribution is 7.59. The van der Waals surface area contributed by atoms with Crippen molar-refractivity contribution in [1.82, 2.24) is 20.6 Å². The zero-order chi connectivity index (χ0) is 3.54. The van der Waals surface area contributed by atoms with Crippen LogP contribution in [0, 0.1) is 0 Å². The average Bonchev–Trinajstić information content (AvgIpc) is 1.76. The van der Waals surface area contributed by atoms with E-state index in [2.05, 4.69) is 20.6 Å². The van der Waals surface area contributed by atoms with Crippen molar-refractivity contribution in [3.63, 3.8) is 0 Å². The number of nitrogens with one attached hydrogen (secondary N) is 1. The number of aromatic amines is 1. The Morgan fingerprint density at radius 2 is 2.33 bits per heavy atom. The molecule has 1 rings (SSSR count). The third kappa shape index (κ3) is 1.03. The highest BCUT2D eigenvalue weighted by atomic mass is 32.1. The third-order valence-electron chi connectivity index (χ3n) is 0.270. The first-order valence-corrected chi connectivity index (χ1v) is 1.17. The van der Waals surface area contributed by atoms with Crippen LogP contribution in [0.3, 0.4) is 0 Å². The zero-order valence-corrected chi connectivity index (χ0v) is 3.64. The first-order valence-electron chi connectivity index (χ1n) is 1.17. The molecule has 0 aliphatic heterocycles. The number of hydrogen-bond acceptors (Lipinski definition) is 3. The van der Waals surface area contributed by atoms with E-state index in [4.69, 9.17) is 0 Å².